The molecule has 1 unspecified atom stereocenters. The molecule has 0 amide bonds. The van der Waals surface area contributed by atoms with E-state index in [1.807, 2.05) is 0 Å². The second-order valence-corrected chi connectivity index (χ2v) is 3.76. The molecule has 0 aromatic heterocycles. The minimum Gasteiger partial charge on any atom is -0.295 e. The van der Waals surface area contributed by atoms with Gasteiger partial charge in [0, 0.05) is 6.42 Å². The van der Waals surface area contributed by atoms with Crippen molar-refractivity contribution in [1.82, 2.24) is 0 Å². The molecule has 0 saturated heterocycles. The van der Waals surface area contributed by atoms with E-state index in [0.717, 1.165) is 23.7 Å². The lowest BCUT2D eigenvalue weighted by atomic mass is 9.91. The quantitative estimate of drug-likeness (QED) is 0.640. The molecular weight excluding hydrogens is 192 g/mol. The third-order valence-corrected chi connectivity index (χ3v) is 2.42. The average Bonchev–Trinajstić information content (AvgIpc) is 1.85. The van der Waals surface area contributed by atoms with Crippen molar-refractivity contribution in [3.63, 3.8) is 0 Å². The molecule has 0 aromatic carbocycles. The molecule has 0 bridgehead atoms. The first kappa shape index (κ1) is 7.99. The van der Waals surface area contributed by atoms with Gasteiger partial charge in [-0.1, -0.05) is 29.3 Å². The molecule has 10 heavy (non-hydrogen) atoms. The van der Waals surface area contributed by atoms with Crippen molar-refractivity contribution in [1.29, 1.82) is 0 Å². The Bertz CT molecular complexity index is 172. The van der Waals surface area contributed by atoms with E-state index in [-0.39, 0.29) is 5.78 Å². The van der Waals surface area contributed by atoms with E-state index in [1.54, 1.807) is 6.08 Å². The van der Waals surface area contributed by atoms with E-state index in [9.17, 15) is 4.79 Å². The van der Waals surface area contributed by atoms with Crippen molar-refractivity contribution in [2.45, 2.75) is 26.2 Å². The number of halogens is 1. The summed E-state index contributed by atoms with van der Waals surface area (Å²) in [6.07, 6.45) is 4.59. The molecule has 1 atom stereocenters. The van der Waals surface area contributed by atoms with Crippen LogP contribution in [0.25, 0.3) is 0 Å². The van der Waals surface area contributed by atoms with Gasteiger partial charge < -0.3 is 0 Å². The van der Waals surface area contributed by atoms with Crippen LogP contribution in [-0.4, -0.2) is 5.78 Å². The van der Waals surface area contributed by atoms with Gasteiger partial charge >= 0.3 is 0 Å². The van der Waals surface area contributed by atoms with Crippen LogP contribution < -0.4 is 0 Å². The standard InChI is InChI=1S/C8H11BrO/c1-2-6-3-7(9)5-8(10)4-6/h5-6H,2-4H2,1H3. The molecule has 1 aliphatic rings. The van der Waals surface area contributed by atoms with Crippen LogP contribution in [0.15, 0.2) is 10.6 Å². The second-order valence-electron chi connectivity index (χ2n) is 2.74. The van der Waals surface area contributed by atoms with Gasteiger partial charge in [-0.25, -0.2) is 0 Å². The molecule has 0 fully saturated rings. The van der Waals surface area contributed by atoms with Crippen LogP contribution in [-0.2, 0) is 4.79 Å². The zero-order valence-corrected chi connectivity index (χ0v) is 7.65. The highest BCUT2D eigenvalue weighted by atomic mass is 79.9. The molecule has 56 valence electrons. The Labute approximate surface area is 69.6 Å². The smallest absolute Gasteiger partial charge is 0.156 e. The number of rotatable bonds is 1. The van der Waals surface area contributed by atoms with Gasteiger partial charge in [0.2, 0.25) is 0 Å². The van der Waals surface area contributed by atoms with Crippen molar-refractivity contribution in [3.05, 3.63) is 10.6 Å². The Hall–Kier alpha value is -0.110. The molecule has 2 heteroatoms. The highest BCUT2D eigenvalue weighted by Crippen LogP contribution is 2.27. The predicted molar refractivity (Wildman–Crippen MR) is 45.0 cm³/mol. The van der Waals surface area contributed by atoms with Crippen LogP contribution in [0.5, 0.6) is 0 Å². The zero-order valence-electron chi connectivity index (χ0n) is 6.06. The molecule has 0 N–H and O–H groups in total. The molecule has 1 nitrogen and oxygen atoms in total. The molecule has 1 rings (SSSR count). The minimum atomic E-state index is 0.268. The fraction of sp³-hybridized carbons (Fsp3) is 0.625. The summed E-state index contributed by atoms with van der Waals surface area (Å²) in [5, 5.41) is 0. The largest absolute Gasteiger partial charge is 0.295 e. The maximum atomic E-state index is 10.9. The van der Waals surface area contributed by atoms with Crippen LogP contribution >= 0.6 is 15.9 Å². The third kappa shape index (κ3) is 1.94. The Kier molecular flexibility index (Phi) is 2.66. The lowest BCUT2D eigenvalue weighted by molar-refractivity contribution is -0.115. The van der Waals surface area contributed by atoms with Gasteiger partial charge in [0.25, 0.3) is 0 Å². The van der Waals surface area contributed by atoms with Crippen LogP contribution in [0.4, 0.5) is 0 Å². The molecule has 1 aliphatic carbocycles. The summed E-state index contributed by atoms with van der Waals surface area (Å²) in [4.78, 5) is 10.9. The van der Waals surface area contributed by atoms with Gasteiger partial charge in [0.05, 0.1) is 0 Å². The summed E-state index contributed by atoms with van der Waals surface area (Å²) in [5.74, 6) is 0.844. The lowest BCUT2D eigenvalue weighted by Gasteiger charge is -2.16. The van der Waals surface area contributed by atoms with Gasteiger partial charge in [0.15, 0.2) is 5.78 Å². The summed E-state index contributed by atoms with van der Waals surface area (Å²) in [6.45, 7) is 2.13. The Morgan fingerprint density at radius 1 is 1.70 bits per heavy atom. The SMILES string of the molecule is CCC1CC(=O)C=C(Br)C1. The van der Waals surface area contributed by atoms with Crippen molar-refractivity contribution in [2.24, 2.45) is 5.92 Å². The minimum absolute atomic E-state index is 0.268. The first-order valence-corrected chi connectivity index (χ1v) is 4.40. The maximum absolute atomic E-state index is 10.9. The third-order valence-electron chi connectivity index (χ3n) is 1.87. The molecule has 0 aliphatic heterocycles. The van der Waals surface area contributed by atoms with Crippen LogP contribution in [0.1, 0.15) is 26.2 Å². The maximum Gasteiger partial charge on any atom is 0.156 e. The summed E-state index contributed by atoms with van der Waals surface area (Å²) in [6, 6.07) is 0. The van der Waals surface area contributed by atoms with E-state index in [0.29, 0.717) is 5.92 Å². The topological polar surface area (TPSA) is 17.1 Å². The number of carbonyl (C=O) groups is 1. The Morgan fingerprint density at radius 3 is 2.90 bits per heavy atom. The number of allylic oxidation sites excluding steroid dienone is 2. The van der Waals surface area contributed by atoms with Gasteiger partial charge in [-0.2, -0.15) is 0 Å². The summed E-state index contributed by atoms with van der Waals surface area (Å²) < 4.78 is 1.07. The summed E-state index contributed by atoms with van der Waals surface area (Å²) in [7, 11) is 0. The normalized spacial score (nSPS) is 26.4. The van der Waals surface area contributed by atoms with Crippen molar-refractivity contribution in [3.8, 4) is 0 Å². The Morgan fingerprint density at radius 2 is 2.40 bits per heavy atom. The second kappa shape index (κ2) is 3.33. The first-order valence-electron chi connectivity index (χ1n) is 3.61. The average molecular weight is 203 g/mol. The molecule has 0 spiro atoms. The van der Waals surface area contributed by atoms with Crippen LogP contribution in [0.2, 0.25) is 0 Å². The molecule has 0 aromatic rings. The van der Waals surface area contributed by atoms with Gasteiger partial charge in [-0.15, -0.1) is 0 Å². The van der Waals surface area contributed by atoms with Crippen molar-refractivity contribution >= 4 is 21.7 Å². The van der Waals surface area contributed by atoms with E-state index in [2.05, 4.69) is 22.9 Å². The monoisotopic (exact) mass is 202 g/mol. The number of carbonyl (C=O) groups excluding carboxylic acids is 1. The van der Waals surface area contributed by atoms with Crippen molar-refractivity contribution in [2.75, 3.05) is 0 Å². The highest BCUT2D eigenvalue weighted by molar-refractivity contribution is 9.11. The van der Waals surface area contributed by atoms with E-state index in [1.165, 1.54) is 0 Å². The fourth-order valence-corrected chi connectivity index (χ4v) is 1.93. The zero-order chi connectivity index (χ0) is 7.56. The number of ketones is 1. The van der Waals surface area contributed by atoms with Crippen molar-refractivity contribution < 1.29 is 4.79 Å². The van der Waals surface area contributed by atoms with Gasteiger partial charge in [0.1, 0.15) is 0 Å². The Balaban J connectivity index is 2.60. The first-order chi connectivity index (χ1) is 4.72. The molecule has 0 saturated carbocycles. The van der Waals surface area contributed by atoms with Crippen LogP contribution in [0.3, 0.4) is 0 Å². The predicted octanol–water partition coefficient (Wildman–Crippen LogP) is 2.65. The van der Waals surface area contributed by atoms with Crippen LogP contribution in [0, 0.1) is 5.92 Å². The lowest BCUT2D eigenvalue weighted by Crippen LogP contribution is -2.10. The molecule has 0 heterocycles. The van der Waals surface area contributed by atoms with Gasteiger partial charge in [-0.05, 0) is 22.9 Å². The highest BCUT2D eigenvalue weighted by Gasteiger charge is 2.16. The van der Waals surface area contributed by atoms with E-state index in [4.69, 9.17) is 0 Å². The number of hydrogen-bond acceptors (Lipinski definition) is 1. The van der Waals surface area contributed by atoms with E-state index >= 15 is 0 Å². The fourth-order valence-electron chi connectivity index (χ4n) is 1.21. The van der Waals surface area contributed by atoms with Gasteiger partial charge in [-0.3, -0.25) is 4.79 Å². The summed E-state index contributed by atoms with van der Waals surface area (Å²) >= 11 is 3.35. The van der Waals surface area contributed by atoms with E-state index < -0.39 is 0 Å². The summed E-state index contributed by atoms with van der Waals surface area (Å²) in [5.41, 5.74) is 0. The molecular formula is C8H11BrO. The number of hydrogen-bond donors (Lipinski definition) is 0. The molecule has 0 radical (unpaired) electrons.